The number of nitrogens with zero attached hydrogens (tertiary/aromatic N) is 2. The number of hydrogen-bond donors (Lipinski definition) is 0. The molecule has 0 N–H and O–H groups in total. The maximum absolute atomic E-state index is 11.6. The molecule has 2 atom stereocenters. The highest BCUT2D eigenvalue weighted by Crippen LogP contribution is 2.31. The zero-order chi connectivity index (χ0) is 14.5. The molecule has 0 radical (unpaired) electrons. The molecule has 2 heterocycles. The van der Waals surface area contributed by atoms with Gasteiger partial charge in [-0.15, -0.1) is 0 Å². The van der Waals surface area contributed by atoms with Gasteiger partial charge in [0.05, 0.1) is 7.11 Å². The summed E-state index contributed by atoms with van der Waals surface area (Å²) in [6, 6.07) is 0.498. The van der Waals surface area contributed by atoms with Gasteiger partial charge in [0.1, 0.15) is 0 Å². The van der Waals surface area contributed by atoms with Crippen LogP contribution in [0, 0.1) is 5.92 Å². The normalized spacial score (nSPS) is 26.3. The number of ether oxygens (including phenoxy) is 3. The molecule has 0 aromatic rings. The van der Waals surface area contributed by atoms with Crippen LogP contribution in [0.2, 0.25) is 0 Å². The molecule has 0 aromatic carbocycles. The summed E-state index contributed by atoms with van der Waals surface area (Å²) in [5, 5.41) is 0. The van der Waals surface area contributed by atoms with Gasteiger partial charge in [0.2, 0.25) is 0 Å². The standard InChI is InChI=1S/C14H26N2O4/c1-18-13(19-2)5-4-7-15-8-6-11-9-16(10-12(11)15)14(17)20-3/h11-13H,4-10H2,1-3H3. The van der Waals surface area contributed by atoms with E-state index in [-0.39, 0.29) is 12.4 Å². The van der Waals surface area contributed by atoms with Crippen molar-refractivity contribution in [2.75, 3.05) is 47.5 Å². The smallest absolute Gasteiger partial charge is 0.409 e. The fourth-order valence-corrected chi connectivity index (χ4v) is 3.40. The molecule has 0 saturated carbocycles. The summed E-state index contributed by atoms with van der Waals surface area (Å²) in [5.74, 6) is 0.606. The van der Waals surface area contributed by atoms with E-state index in [9.17, 15) is 4.79 Å². The van der Waals surface area contributed by atoms with Gasteiger partial charge >= 0.3 is 6.09 Å². The fraction of sp³-hybridized carbons (Fsp3) is 0.929. The second kappa shape index (κ2) is 7.24. The molecule has 0 bridgehead atoms. The van der Waals surface area contributed by atoms with Gasteiger partial charge in [-0.1, -0.05) is 0 Å². The fourth-order valence-electron chi connectivity index (χ4n) is 3.40. The lowest BCUT2D eigenvalue weighted by Gasteiger charge is -2.25. The molecule has 0 spiro atoms. The minimum atomic E-state index is -0.196. The van der Waals surface area contributed by atoms with Crippen LogP contribution in [-0.2, 0) is 14.2 Å². The van der Waals surface area contributed by atoms with Crippen LogP contribution in [0.5, 0.6) is 0 Å². The van der Waals surface area contributed by atoms with E-state index in [0.717, 1.165) is 39.0 Å². The van der Waals surface area contributed by atoms with Gasteiger partial charge in [-0.2, -0.15) is 0 Å². The highest BCUT2D eigenvalue weighted by molar-refractivity contribution is 5.68. The quantitative estimate of drug-likeness (QED) is 0.686. The summed E-state index contributed by atoms with van der Waals surface area (Å²) in [5.41, 5.74) is 0. The molecule has 116 valence electrons. The summed E-state index contributed by atoms with van der Waals surface area (Å²) in [7, 11) is 4.79. The van der Waals surface area contributed by atoms with Gasteiger partial charge in [0.15, 0.2) is 6.29 Å². The van der Waals surface area contributed by atoms with Crippen molar-refractivity contribution in [1.82, 2.24) is 9.80 Å². The molecule has 2 saturated heterocycles. The van der Waals surface area contributed by atoms with Gasteiger partial charge in [0.25, 0.3) is 0 Å². The minimum absolute atomic E-state index is 0.108. The molecular weight excluding hydrogens is 260 g/mol. The van der Waals surface area contributed by atoms with Crippen molar-refractivity contribution in [3.63, 3.8) is 0 Å². The number of fused-ring (bicyclic) bond motifs is 1. The third-order valence-electron chi connectivity index (χ3n) is 4.51. The summed E-state index contributed by atoms with van der Waals surface area (Å²) in [4.78, 5) is 15.9. The van der Waals surface area contributed by atoms with E-state index in [1.54, 1.807) is 14.2 Å². The van der Waals surface area contributed by atoms with Crippen LogP contribution in [0.4, 0.5) is 4.79 Å². The Kier molecular flexibility index (Phi) is 5.63. The lowest BCUT2D eigenvalue weighted by Crippen LogP contribution is -2.37. The molecule has 2 fully saturated rings. The molecule has 1 amide bonds. The van der Waals surface area contributed by atoms with E-state index >= 15 is 0 Å². The van der Waals surface area contributed by atoms with Gasteiger partial charge in [-0.05, 0) is 38.3 Å². The van der Waals surface area contributed by atoms with Crippen molar-refractivity contribution >= 4 is 6.09 Å². The summed E-state index contributed by atoms with van der Waals surface area (Å²) in [6.07, 6.45) is 2.83. The van der Waals surface area contributed by atoms with Crippen molar-refractivity contribution in [2.24, 2.45) is 5.92 Å². The Morgan fingerprint density at radius 3 is 2.65 bits per heavy atom. The van der Waals surface area contributed by atoms with Crippen LogP contribution < -0.4 is 0 Å². The van der Waals surface area contributed by atoms with Gasteiger partial charge in [-0.25, -0.2) is 4.79 Å². The monoisotopic (exact) mass is 286 g/mol. The molecular formula is C14H26N2O4. The van der Waals surface area contributed by atoms with E-state index in [0.29, 0.717) is 12.0 Å². The molecule has 0 aliphatic carbocycles. The highest BCUT2D eigenvalue weighted by Gasteiger charge is 2.42. The van der Waals surface area contributed by atoms with Crippen molar-refractivity contribution in [3.05, 3.63) is 0 Å². The Morgan fingerprint density at radius 1 is 1.25 bits per heavy atom. The van der Waals surface area contributed by atoms with Crippen LogP contribution in [0.3, 0.4) is 0 Å². The first-order chi connectivity index (χ1) is 9.69. The Labute approximate surface area is 120 Å². The van der Waals surface area contributed by atoms with Gasteiger partial charge in [-0.3, -0.25) is 4.90 Å². The summed E-state index contributed by atoms with van der Waals surface area (Å²) >= 11 is 0. The molecule has 2 aliphatic heterocycles. The first-order valence-corrected chi connectivity index (χ1v) is 7.32. The van der Waals surface area contributed by atoms with Gasteiger partial charge < -0.3 is 19.1 Å². The predicted octanol–water partition coefficient (Wildman–Crippen LogP) is 1.16. The van der Waals surface area contributed by atoms with Crippen molar-refractivity contribution in [3.8, 4) is 0 Å². The van der Waals surface area contributed by atoms with Crippen molar-refractivity contribution < 1.29 is 19.0 Å². The first-order valence-electron chi connectivity index (χ1n) is 7.32. The SMILES string of the molecule is COC(=O)N1CC2CCN(CCCC(OC)OC)C2C1. The van der Waals surface area contributed by atoms with Crippen LogP contribution in [0.25, 0.3) is 0 Å². The lowest BCUT2D eigenvalue weighted by molar-refractivity contribution is -0.107. The number of carbonyl (C=O) groups is 1. The van der Waals surface area contributed by atoms with E-state index in [2.05, 4.69) is 4.90 Å². The summed E-state index contributed by atoms with van der Waals surface area (Å²) < 4.78 is 15.2. The Bertz CT molecular complexity index is 322. The van der Waals surface area contributed by atoms with Crippen LogP contribution >= 0.6 is 0 Å². The zero-order valence-electron chi connectivity index (χ0n) is 12.7. The molecule has 20 heavy (non-hydrogen) atoms. The van der Waals surface area contributed by atoms with Gasteiger partial charge in [0, 0.05) is 33.4 Å². The first kappa shape index (κ1) is 15.5. The number of rotatable bonds is 6. The highest BCUT2D eigenvalue weighted by atomic mass is 16.7. The average molecular weight is 286 g/mol. The Hall–Kier alpha value is -0.850. The van der Waals surface area contributed by atoms with Crippen molar-refractivity contribution in [1.29, 1.82) is 0 Å². The second-order valence-electron chi connectivity index (χ2n) is 5.57. The van der Waals surface area contributed by atoms with Crippen molar-refractivity contribution in [2.45, 2.75) is 31.6 Å². The Balaban J connectivity index is 1.76. The largest absolute Gasteiger partial charge is 0.453 e. The maximum atomic E-state index is 11.6. The third kappa shape index (κ3) is 3.42. The maximum Gasteiger partial charge on any atom is 0.409 e. The van der Waals surface area contributed by atoms with Crippen LogP contribution in [-0.4, -0.2) is 75.7 Å². The second-order valence-corrected chi connectivity index (χ2v) is 5.57. The van der Waals surface area contributed by atoms with E-state index in [1.165, 1.54) is 13.5 Å². The summed E-state index contributed by atoms with van der Waals surface area (Å²) in [6.45, 7) is 3.82. The number of methoxy groups -OCH3 is 3. The van der Waals surface area contributed by atoms with Crippen LogP contribution in [0.15, 0.2) is 0 Å². The van der Waals surface area contributed by atoms with E-state index in [1.807, 2.05) is 4.90 Å². The minimum Gasteiger partial charge on any atom is -0.453 e. The molecule has 0 aromatic heterocycles. The molecule has 6 heteroatoms. The molecule has 6 nitrogen and oxygen atoms in total. The predicted molar refractivity (Wildman–Crippen MR) is 74.5 cm³/mol. The number of carbonyl (C=O) groups excluding carboxylic acids is 1. The lowest BCUT2D eigenvalue weighted by atomic mass is 10.1. The number of likely N-dealkylation sites (tertiary alicyclic amines) is 2. The Morgan fingerprint density at radius 2 is 2.00 bits per heavy atom. The number of hydrogen-bond acceptors (Lipinski definition) is 5. The topological polar surface area (TPSA) is 51.2 Å². The van der Waals surface area contributed by atoms with Crippen LogP contribution in [0.1, 0.15) is 19.3 Å². The third-order valence-corrected chi connectivity index (χ3v) is 4.51. The average Bonchev–Trinajstić information content (AvgIpc) is 3.04. The van der Waals surface area contributed by atoms with E-state index in [4.69, 9.17) is 14.2 Å². The van der Waals surface area contributed by atoms with E-state index < -0.39 is 0 Å². The molecule has 2 unspecified atom stereocenters. The molecule has 2 rings (SSSR count). The zero-order valence-corrected chi connectivity index (χ0v) is 12.7. The molecule has 2 aliphatic rings. The number of amides is 1.